The highest BCUT2D eigenvalue weighted by molar-refractivity contribution is 6.30. The number of rotatable bonds is 0. The van der Waals surface area contributed by atoms with Crippen LogP contribution in [0.1, 0.15) is 30.9 Å². The summed E-state index contributed by atoms with van der Waals surface area (Å²) in [5.74, 6) is 0.919. The fourth-order valence-corrected chi connectivity index (χ4v) is 3.20. The Balaban J connectivity index is 1.89. The highest BCUT2D eigenvalue weighted by Crippen LogP contribution is 2.43. The van der Waals surface area contributed by atoms with Crippen LogP contribution in [-0.2, 0) is 0 Å². The molecule has 98 valence electrons. The Bertz CT molecular complexity index is 455. The van der Waals surface area contributed by atoms with Crippen LogP contribution in [0.4, 0.5) is 0 Å². The van der Waals surface area contributed by atoms with E-state index in [9.17, 15) is 0 Å². The second-order valence-corrected chi connectivity index (χ2v) is 6.02. The van der Waals surface area contributed by atoms with Crippen LogP contribution >= 0.6 is 11.6 Å². The van der Waals surface area contributed by atoms with Gasteiger partial charge in [-0.15, -0.1) is 0 Å². The number of hydrogen-bond donors (Lipinski definition) is 1. The zero-order valence-electron chi connectivity index (χ0n) is 10.7. The third kappa shape index (κ3) is 2.11. The van der Waals surface area contributed by atoms with E-state index in [0.29, 0.717) is 0 Å². The Morgan fingerprint density at radius 1 is 1.39 bits per heavy atom. The predicted octanol–water partition coefficient (Wildman–Crippen LogP) is 2.59. The molecule has 3 nitrogen and oxygen atoms in total. The first-order chi connectivity index (χ1) is 8.58. The van der Waals surface area contributed by atoms with Crippen molar-refractivity contribution >= 4 is 11.6 Å². The quantitative estimate of drug-likeness (QED) is 0.784. The van der Waals surface area contributed by atoms with Crippen LogP contribution in [0.5, 0.6) is 5.75 Å². The molecule has 2 aliphatic heterocycles. The highest BCUT2D eigenvalue weighted by atomic mass is 35.5. The second-order valence-electron chi connectivity index (χ2n) is 5.58. The van der Waals surface area contributed by atoms with Crippen molar-refractivity contribution in [3.63, 3.8) is 0 Å². The molecule has 0 amide bonds. The molecule has 0 aliphatic carbocycles. The molecule has 3 rings (SSSR count). The number of nitrogens with two attached hydrogens (primary N) is 1. The summed E-state index contributed by atoms with van der Waals surface area (Å²) in [6.07, 6.45) is 3.01. The fourth-order valence-electron chi connectivity index (χ4n) is 3.02. The predicted molar refractivity (Wildman–Crippen MR) is 73.1 cm³/mol. The lowest BCUT2D eigenvalue weighted by atomic mass is 9.81. The Morgan fingerprint density at radius 2 is 2.11 bits per heavy atom. The molecule has 1 aromatic rings. The summed E-state index contributed by atoms with van der Waals surface area (Å²) in [5.41, 5.74) is 7.29. The SMILES string of the molecule is CN1CCC2(CC1)C[C@H](N)c1cc(Cl)ccc1O2. The Kier molecular flexibility index (Phi) is 3.00. The summed E-state index contributed by atoms with van der Waals surface area (Å²) < 4.78 is 6.27. The number of piperidine rings is 1. The summed E-state index contributed by atoms with van der Waals surface area (Å²) in [5, 5.41) is 0.729. The van der Waals surface area contributed by atoms with Gasteiger partial charge < -0.3 is 15.4 Å². The van der Waals surface area contributed by atoms with E-state index in [4.69, 9.17) is 22.1 Å². The van der Waals surface area contributed by atoms with Crippen molar-refractivity contribution in [3.8, 4) is 5.75 Å². The average Bonchev–Trinajstić information content (AvgIpc) is 2.35. The third-order valence-electron chi connectivity index (χ3n) is 4.19. The fraction of sp³-hybridized carbons (Fsp3) is 0.571. The molecule has 1 spiro atoms. The highest BCUT2D eigenvalue weighted by Gasteiger charge is 2.41. The number of fused-ring (bicyclic) bond motifs is 1. The molecule has 2 N–H and O–H groups in total. The molecule has 1 fully saturated rings. The van der Waals surface area contributed by atoms with Gasteiger partial charge in [0.2, 0.25) is 0 Å². The topological polar surface area (TPSA) is 38.5 Å². The van der Waals surface area contributed by atoms with Crippen LogP contribution in [-0.4, -0.2) is 30.6 Å². The number of benzene rings is 1. The lowest BCUT2D eigenvalue weighted by Gasteiger charge is -2.45. The zero-order valence-corrected chi connectivity index (χ0v) is 11.4. The number of likely N-dealkylation sites (tertiary alicyclic amines) is 1. The van der Waals surface area contributed by atoms with Gasteiger partial charge in [-0.2, -0.15) is 0 Å². The lowest BCUT2D eigenvalue weighted by Crippen LogP contribution is -2.50. The monoisotopic (exact) mass is 266 g/mol. The van der Waals surface area contributed by atoms with Crippen LogP contribution in [0, 0.1) is 0 Å². The van der Waals surface area contributed by atoms with Gasteiger partial charge >= 0.3 is 0 Å². The van der Waals surface area contributed by atoms with Crippen LogP contribution < -0.4 is 10.5 Å². The summed E-state index contributed by atoms with van der Waals surface area (Å²) in [6, 6.07) is 5.80. The van der Waals surface area contributed by atoms with Crippen LogP contribution in [0.2, 0.25) is 5.02 Å². The molecular weight excluding hydrogens is 248 g/mol. The molecule has 0 radical (unpaired) electrons. The maximum absolute atomic E-state index is 6.30. The molecule has 1 atom stereocenters. The van der Waals surface area contributed by atoms with Gasteiger partial charge in [-0.3, -0.25) is 0 Å². The van der Waals surface area contributed by atoms with Crippen molar-refractivity contribution in [1.29, 1.82) is 0 Å². The van der Waals surface area contributed by atoms with Gasteiger partial charge in [-0.05, 0) is 38.1 Å². The number of nitrogens with zero attached hydrogens (tertiary/aromatic N) is 1. The average molecular weight is 267 g/mol. The smallest absolute Gasteiger partial charge is 0.125 e. The van der Waals surface area contributed by atoms with Crippen molar-refractivity contribution in [2.75, 3.05) is 20.1 Å². The van der Waals surface area contributed by atoms with E-state index in [1.165, 1.54) is 0 Å². The van der Waals surface area contributed by atoms with Crippen molar-refractivity contribution in [2.45, 2.75) is 30.9 Å². The first-order valence-electron chi connectivity index (χ1n) is 6.51. The Hall–Kier alpha value is -0.770. The van der Waals surface area contributed by atoms with Crippen LogP contribution in [0.25, 0.3) is 0 Å². The molecule has 4 heteroatoms. The van der Waals surface area contributed by atoms with Gasteiger partial charge in [0, 0.05) is 36.1 Å². The first-order valence-corrected chi connectivity index (χ1v) is 6.88. The molecule has 0 unspecified atom stereocenters. The van der Waals surface area contributed by atoms with Gasteiger partial charge in [0.25, 0.3) is 0 Å². The summed E-state index contributed by atoms with van der Waals surface area (Å²) in [4.78, 5) is 2.34. The number of hydrogen-bond acceptors (Lipinski definition) is 3. The third-order valence-corrected chi connectivity index (χ3v) is 4.42. The molecule has 2 aliphatic rings. The molecule has 0 aromatic heterocycles. The summed E-state index contributed by atoms with van der Waals surface area (Å²) in [7, 11) is 2.16. The van der Waals surface area contributed by atoms with E-state index in [-0.39, 0.29) is 11.6 Å². The largest absolute Gasteiger partial charge is 0.487 e. The van der Waals surface area contributed by atoms with Crippen molar-refractivity contribution in [2.24, 2.45) is 5.73 Å². The Morgan fingerprint density at radius 3 is 2.83 bits per heavy atom. The molecule has 0 saturated carbocycles. The van der Waals surface area contributed by atoms with Crippen LogP contribution in [0.15, 0.2) is 18.2 Å². The van der Waals surface area contributed by atoms with Crippen molar-refractivity contribution in [3.05, 3.63) is 28.8 Å². The van der Waals surface area contributed by atoms with Crippen molar-refractivity contribution < 1.29 is 4.74 Å². The first kappa shape index (κ1) is 12.3. The lowest BCUT2D eigenvalue weighted by molar-refractivity contribution is -0.0163. The standard InChI is InChI=1S/C14H19ClN2O/c1-17-6-4-14(5-7-17)9-12(16)11-8-10(15)2-3-13(11)18-14/h2-3,8,12H,4-7,9,16H2,1H3/t12-/m0/s1. The van der Waals surface area contributed by atoms with Gasteiger partial charge in [0.05, 0.1) is 0 Å². The van der Waals surface area contributed by atoms with E-state index in [0.717, 1.165) is 48.7 Å². The van der Waals surface area contributed by atoms with Gasteiger partial charge in [-0.25, -0.2) is 0 Å². The van der Waals surface area contributed by atoms with E-state index in [1.807, 2.05) is 18.2 Å². The Labute approximate surface area is 113 Å². The van der Waals surface area contributed by atoms with Crippen LogP contribution in [0.3, 0.4) is 0 Å². The van der Waals surface area contributed by atoms with Crippen molar-refractivity contribution in [1.82, 2.24) is 4.90 Å². The summed E-state index contributed by atoms with van der Waals surface area (Å²) >= 11 is 6.02. The van der Waals surface area contributed by atoms with E-state index in [2.05, 4.69) is 11.9 Å². The number of halogens is 1. The van der Waals surface area contributed by atoms with Gasteiger partial charge in [-0.1, -0.05) is 11.6 Å². The maximum Gasteiger partial charge on any atom is 0.125 e. The normalized spacial score (nSPS) is 26.7. The molecule has 1 aromatic carbocycles. The summed E-state index contributed by atoms with van der Waals surface area (Å²) in [6.45, 7) is 2.16. The zero-order chi connectivity index (χ0) is 12.8. The number of ether oxygens (including phenoxy) is 1. The molecule has 18 heavy (non-hydrogen) atoms. The minimum absolute atomic E-state index is 0.0378. The molecule has 2 heterocycles. The molecule has 0 bridgehead atoms. The maximum atomic E-state index is 6.30. The molecule has 1 saturated heterocycles. The second kappa shape index (κ2) is 4.41. The minimum Gasteiger partial charge on any atom is -0.487 e. The van der Waals surface area contributed by atoms with E-state index < -0.39 is 0 Å². The van der Waals surface area contributed by atoms with E-state index >= 15 is 0 Å². The van der Waals surface area contributed by atoms with Gasteiger partial charge in [0.1, 0.15) is 11.4 Å². The van der Waals surface area contributed by atoms with Gasteiger partial charge in [0.15, 0.2) is 0 Å². The van der Waals surface area contributed by atoms with E-state index in [1.54, 1.807) is 0 Å². The minimum atomic E-state index is -0.0627. The molecular formula is C14H19ClN2O.